The molecule has 4 N–H and O–H groups in total. The Labute approximate surface area is 84.2 Å². The molecule has 1 aromatic rings. The first-order chi connectivity index (χ1) is 6.47. The van der Waals surface area contributed by atoms with Crippen LogP contribution in [0.25, 0.3) is 0 Å². The Morgan fingerprint density at radius 3 is 2.57 bits per heavy atom. The summed E-state index contributed by atoms with van der Waals surface area (Å²) in [5, 5.41) is 18.5. The number of hydrogen-bond donors (Lipinski definition) is 3. The number of aromatic hydroxyl groups is 1. The predicted octanol–water partition coefficient (Wildman–Crippen LogP) is 1.26. The predicted molar refractivity (Wildman–Crippen MR) is 56.1 cm³/mol. The normalized spacial score (nSPS) is 15.1. The van der Waals surface area contributed by atoms with Crippen LogP contribution in [-0.2, 0) is 5.54 Å². The average molecular weight is 195 g/mol. The van der Waals surface area contributed by atoms with E-state index >= 15 is 0 Å². The minimum Gasteiger partial charge on any atom is -0.508 e. The van der Waals surface area contributed by atoms with E-state index in [4.69, 9.17) is 10.8 Å². The summed E-state index contributed by atoms with van der Waals surface area (Å²) in [5.41, 5.74) is 6.98. The van der Waals surface area contributed by atoms with Crippen LogP contribution in [0.5, 0.6) is 5.75 Å². The van der Waals surface area contributed by atoms with E-state index in [9.17, 15) is 5.11 Å². The zero-order valence-corrected chi connectivity index (χ0v) is 8.62. The molecule has 0 aromatic heterocycles. The highest BCUT2D eigenvalue weighted by Gasteiger charge is 2.23. The molecule has 3 nitrogen and oxygen atoms in total. The fraction of sp³-hybridized carbons (Fsp3) is 0.455. The molecule has 78 valence electrons. The van der Waals surface area contributed by atoms with Gasteiger partial charge in [-0.3, -0.25) is 0 Å². The van der Waals surface area contributed by atoms with E-state index < -0.39 is 5.54 Å². The molecule has 0 aliphatic carbocycles. The summed E-state index contributed by atoms with van der Waals surface area (Å²) in [7, 11) is 0. The van der Waals surface area contributed by atoms with Gasteiger partial charge in [0, 0.05) is 17.7 Å². The van der Waals surface area contributed by atoms with Crippen LogP contribution >= 0.6 is 0 Å². The van der Waals surface area contributed by atoms with Crippen molar-refractivity contribution in [1.29, 1.82) is 0 Å². The van der Waals surface area contributed by atoms with Crippen molar-refractivity contribution in [2.75, 3.05) is 6.61 Å². The Kier molecular flexibility index (Phi) is 3.13. The molecule has 0 bridgehead atoms. The molecule has 0 unspecified atom stereocenters. The summed E-state index contributed by atoms with van der Waals surface area (Å²) in [5.74, 6) is 0.198. The molecule has 0 saturated heterocycles. The van der Waals surface area contributed by atoms with E-state index in [1.807, 2.05) is 13.0 Å². The van der Waals surface area contributed by atoms with Gasteiger partial charge in [-0.05, 0) is 31.9 Å². The molecule has 14 heavy (non-hydrogen) atoms. The fourth-order valence-electron chi connectivity index (χ4n) is 1.49. The molecule has 3 heteroatoms. The van der Waals surface area contributed by atoms with Crippen molar-refractivity contribution in [3.63, 3.8) is 0 Å². The van der Waals surface area contributed by atoms with Crippen LogP contribution in [0.15, 0.2) is 18.2 Å². The van der Waals surface area contributed by atoms with Crippen molar-refractivity contribution in [3.8, 4) is 5.75 Å². The average Bonchev–Trinajstić information content (AvgIpc) is 2.02. The molecule has 0 saturated carbocycles. The molecule has 1 aromatic carbocycles. The van der Waals surface area contributed by atoms with Crippen LogP contribution in [0.1, 0.15) is 24.5 Å². The molecule has 0 fully saturated rings. The van der Waals surface area contributed by atoms with Crippen molar-refractivity contribution in [1.82, 2.24) is 0 Å². The lowest BCUT2D eigenvalue weighted by atomic mass is 9.89. The number of aliphatic hydroxyl groups excluding tert-OH is 1. The highest BCUT2D eigenvalue weighted by atomic mass is 16.3. The largest absolute Gasteiger partial charge is 0.508 e. The zero-order chi connectivity index (χ0) is 10.8. The van der Waals surface area contributed by atoms with Crippen molar-refractivity contribution in [2.24, 2.45) is 5.73 Å². The second kappa shape index (κ2) is 3.98. The number of hydrogen-bond acceptors (Lipinski definition) is 3. The topological polar surface area (TPSA) is 66.5 Å². The molecule has 0 spiro atoms. The van der Waals surface area contributed by atoms with E-state index in [0.717, 1.165) is 5.56 Å². The van der Waals surface area contributed by atoms with E-state index in [2.05, 4.69) is 0 Å². The van der Waals surface area contributed by atoms with Gasteiger partial charge in [-0.25, -0.2) is 0 Å². The Hall–Kier alpha value is -1.06. The maximum Gasteiger partial charge on any atom is 0.120 e. The molecule has 0 radical (unpaired) electrons. The first kappa shape index (κ1) is 11.0. The Bertz CT molecular complexity index is 321. The fourth-order valence-corrected chi connectivity index (χ4v) is 1.49. The third kappa shape index (κ3) is 2.25. The molecule has 1 rings (SSSR count). The van der Waals surface area contributed by atoms with Gasteiger partial charge >= 0.3 is 0 Å². The number of rotatable bonds is 3. The lowest BCUT2D eigenvalue weighted by Gasteiger charge is -2.25. The second-order valence-electron chi connectivity index (χ2n) is 3.91. The quantitative estimate of drug-likeness (QED) is 0.680. The smallest absolute Gasteiger partial charge is 0.120 e. The Morgan fingerprint density at radius 1 is 1.43 bits per heavy atom. The van der Waals surface area contributed by atoms with Gasteiger partial charge in [-0.2, -0.15) is 0 Å². The zero-order valence-electron chi connectivity index (χ0n) is 8.62. The van der Waals surface area contributed by atoms with E-state index in [1.165, 1.54) is 0 Å². The van der Waals surface area contributed by atoms with E-state index in [1.54, 1.807) is 19.1 Å². The molecular weight excluding hydrogens is 178 g/mol. The second-order valence-corrected chi connectivity index (χ2v) is 3.91. The number of phenols is 1. The number of phenolic OH excluding ortho intramolecular Hbond substituents is 1. The van der Waals surface area contributed by atoms with Gasteiger partial charge in [0.1, 0.15) is 5.75 Å². The third-order valence-corrected chi connectivity index (χ3v) is 2.40. The number of benzene rings is 1. The summed E-state index contributed by atoms with van der Waals surface area (Å²) in [6.45, 7) is 3.72. The van der Waals surface area contributed by atoms with Crippen molar-refractivity contribution in [3.05, 3.63) is 29.3 Å². The number of aryl methyl sites for hydroxylation is 1. The van der Waals surface area contributed by atoms with Gasteiger partial charge in [0.2, 0.25) is 0 Å². The van der Waals surface area contributed by atoms with Crippen LogP contribution in [0.2, 0.25) is 0 Å². The summed E-state index contributed by atoms with van der Waals surface area (Å²) >= 11 is 0. The highest BCUT2D eigenvalue weighted by molar-refractivity contribution is 5.40. The summed E-state index contributed by atoms with van der Waals surface area (Å²) in [6, 6.07) is 5.38. The molecule has 0 aliphatic rings. The first-order valence-electron chi connectivity index (χ1n) is 4.67. The Balaban J connectivity index is 3.06. The molecule has 0 heterocycles. The minimum absolute atomic E-state index is 0.0142. The van der Waals surface area contributed by atoms with Crippen LogP contribution < -0.4 is 5.73 Å². The Morgan fingerprint density at radius 2 is 2.07 bits per heavy atom. The molecule has 0 amide bonds. The van der Waals surface area contributed by atoms with E-state index in [-0.39, 0.29) is 12.4 Å². The number of nitrogens with two attached hydrogens (primary N) is 1. The highest BCUT2D eigenvalue weighted by Crippen LogP contribution is 2.30. The van der Waals surface area contributed by atoms with Gasteiger partial charge in [-0.15, -0.1) is 0 Å². The molecule has 1 atom stereocenters. The SMILES string of the molecule is Cc1ccc([C@@](C)(N)CCO)c(O)c1. The van der Waals surface area contributed by atoms with Crippen LogP contribution in [0, 0.1) is 6.92 Å². The summed E-state index contributed by atoms with van der Waals surface area (Å²) < 4.78 is 0. The lowest BCUT2D eigenvalue weighted by molar-refractivity contribution is 0.245. The standard InChI is InChI=1S/C11H17NO2/c1-8-3-4-9(10(14)7-8)11(2,12)5-6-13/h3-4,7,13-14H,5-6,12H2,1-2H3/t11-/m0/s1. The van der Waals surface area contributed by atoms with Crippen molar-refractivity contribution in [2.45, 2.75) is 25.8 Å². The van der Waals surface area contributed by atoms with Crippen LogP contribution in [0.3, 0.4) is 0 Å². The number of aliphatic hydroxyl groups is 1. The summed E-state index contributed by atoms with van der Waals surface area (Å²) in [6.07, 6.45) is 0.434. The van der Waals surface area contributed by atoms with Crippen LogP contribution in [0.4, 0.5) is 0 Å². The third-order valence-electron chi connectivity index (χ3n) is 2.40. The van der Waals surface area contributed by atoms with E-state index in [0.29, 0.717) is 12.0 Å². The maximum absolute atomic E-state index is 9.69. The first-order valence-corrected chi connectivity index (χ1v) is 4.67. The molecule has 0 aliphatic heterocycles. The maximum atomic E-state index is 9.69. The van der Waals surface area contributed by atoms with Crippen molar-refractivity contribution >= 4 is 0 Å². The van der Waals surface area contributed by atoms with Crippen LogP contribution in [-0.4, -0.2) is 16.8 Å². The van der Waals surface area contributed by atoms with Gasteiger partial charge in [-0.1, -0.05) is 12.1 Å². The van der Waals surface area contributed by atoms with Gasteiger partial charge in [0.25, 0.3) is 0 Å². The van der Waals surface area contributed by atoms with Gasteiger partial charge in [0.05, 0.1) is 0 Å². The molecular formula is C11H17NO2. The van der Waals surface area contributed by atoms with Crippen molar-refractivity contribution < 1.29 is 10.2 Å². The van der Waals surface area contributed by atoms with Gasteiger partial charge < -0.3 is 15.9 Å². The minimum atomic E-state index is -0.674. The summed E-state index contributed by atoms with van der Waals surface area (Å²) in [4.78, 5) is 0. The van der Waals surface area contributed by atoms with Gasteiger partial charge in [0.15, 0.2) is 0 Å². The lowest BCUT2D eigenvalue weighted by Crippen LogP contribution is -2.34. The monoisotopic (exact) mass is 195 g/mol.